The summed E-state index contributed by atoms with van der Waals surface area (Å²) < 4.78 is 10.6. The molecule has 0 spiro atoms. The average Bonchev–Trinajstić information content (AvgIpc) is 3.36. The van der Waals surface area contributed by atoms with Gasteiger partial charge >= 0.3 is 0 Å². The molecule has 2 aliphatic heterocycles. The molecule has 0 saturated carbocycles. The first kappa shape index (κ1) is 20.5. The lowest BCUT2D eigenvalue weighted by Gasteiger charge is -2.14. The number of hydrogen-bond donors (Lipinski definition) is 2. The first-order valence-corrected chi connectivity index (χ1v) is 9.57. The summed E-state index contributed by atoms with van der Waals surface area (Å²) in [6.45, 7) is 5.50. The fourth-order valence-corrected chi connectivity index (χ4v) is 3.45. The number of benzene rings is 1. The number of nitrogens with zero attached hydrogens (tertiary/aromatic N) is 1. The Morgan fingerprint density at radius 1 is 1.23 bits per heavy atom. The number of carbonyl (C=O) groups excluding carboxylic acids is 1. The summed E-state index contributed by atoms with van der Waals surface area (Å²) in [5.74, 6) is 1.56. The van der Waals surface area contributed by atoms with E-state index in [1.54, 1.807) is 14.2 Å². The predicted octanol–water partition coefficient (Wildman–Crippen LogP) is 1.81. The molecule has 0 aromatic heterocycles. The highest BCUT2D eigenvalue weighted by atomic mass is 16.5. The van der Waals surface area contributed by atoms with Crippen molar-refractivity contribution in [3.05, 3.63) is 23.8 Å². The maximum Gasteiger partial charge on any atom is 0.221 e. The summed E-state index contributed by atoms with van der Waals surface area (Å²) in [4.78, 5) is 12.9. The van der Waals surface area contributed by atoms with Crippen LogP contribution in [0.25, 0.3) is 0 Å². The Balaban J connectivity index is 0.000000254. The zero-order valence-corrected chi connectivity index (χ0v) is 16.1. The van der Waals surface area contributed by atoms with Crippen molar-refractivity contribution in [2.45, 2.75) is 32.1 Å². The van der Waals surface area contributed by atoms with Crippen LogP contribution in [-0.4, -0.2) is 57.8 Å². The van der Waals surface area contributed by atoms with Crippen molar-refractivity contribution in [1.82, 2.24) is 10.2 Å². The largest absolute Gasteiger partial charge is 0.493 e. The van der Waals surface area contributed by atoms with Gasteiger partial charge in [-0.25, -0.2) is 0 Å². The Kier molecular flexibility index (Phi) is 8.71. The molecule has 0 radical (unpaired) electrons. The Morgan fingerprint density at radius 2 is 1.96 bits per heavy atom. The Bertz CT molecular complexity index is 553. The monoisotopic (exact) mass is 363 g/mol. The Morgan fingerprint density at radius 3 is 2.50 bits per heavy atom. The third-order valence-corrected chi connectivity index (χ3v) is 5.05. The molecule has 146 valence electrons. The van der Waals surface area contributed by atoms with E-state index in [0.29, 0.717) is 0 Å². The van der Waals surface area contributed by atoms with Crippen LogP contribution in [0.4, 0.5) is 0 Å². The number of rotatable bonds is 7. The van der Waals surface area contributed by atoms with Gasteiger partial charge in [-0.3, -0.25) is 4.79 Å². The van der Waals surface area contributed by atoms with Crippen molar-refractivity contribution in [3.63, 3.8) is 0 Å². The van der Waals surface area contributed by atoms with Gasteiger partial charge in [0.1, 0.15) is 0 Å². The number of methoxy groups -OCH3 is 2. The molecule has 1 aromatic carbocycles. The number of ether oxygens (including phenoxy) is 2. The molecule has 2 heterocycles. The highest BCUT2D eigenvalue weighted by Crippen LogP contribution is 2.28. The third-order valence-electron chi connectivity index (χ3n) is 5.05. The number of primary amides is 1. The Hall–Kier alpha value is -1.79. The molecular weight excluding hydrogens is 330 g/mol. The van der Waals surface area contributed by atoms with E-state index in [-0.39, 0.29) is 11.8 Å². The smallest absolute Gasteiger partial charge is 0.221 e. The Labute approximate surface area is 157 Å². The van der Waals surface area contributed by atoms with Gasteiger partial charge in [-0.1, -0.05) is 6.07 Å². The van der Waals surface area contributed by atoms with Crippen LogP contribution in [0, 0.1) is 5.92 Å². The molecule has 2 fully saturated rings. The molecule has 1 unspecified atom stereocenters. The summed E-state index contributed by atoms with van der Waals surface area (Å²) >= 11 is 0. The van der Waals surface area contributed by atoms with Crippen molar-refractivity contribution in [3.8, 4) is 11.5 Å². The van der Waals surface area contributed by atoms with Gasteiger partial charge in [-0.15, -0.1) is 0 Å². The molecular formula is C20H33N3O3. The SMILES string of the molecule is COc1ccc(CCCN2CCCC2)cc1OC.NC(=O)C1CCNC1. The van der Waals surface area contributed by atoms with Crippen LogP contribution in [0.5, 0.6) is 11.5 Å². The zero-order chi connectivity index (χ0) is 18.8. The van der Waals surface area contributed by atoms with Crippen LogP contribution in [0.15, 0.2) is 18.2 Å². The standard InChI is InChI=1S/C15H23NO2.C5H10N2O/c1-17-14-8-7-13(12-15(14)18-2)6-5-11-16-9-3-4-10-16;6-5(8)4-1-2-7-3-4/h7-8,12H,3-6,9-11H2,1-2H3;4,7H,1-3H2,(H2,6,8). The second kappa shape index (κ2) is 11.0. The van der Waals surface area contributed by atoms with Crippen LogP contribution >= 0.6 is 0 Å². The molecule has 1 atom stereocenters. The lowest BCUT2D eigenvalue weighted by molar-refractivity contribution is -0.121. The zero-order valence-electron chi connectivity index (χ0n) is 16.1. The topological polar surface area (TPSA) is 76.8 Å². The summed E-state index contributed by atoms with van der Waals surface area (Å²) in [7, 11) is 3.36. The second-order valence-corrected chi connectivity index (χ2v) is 6.93. The van der Waals surface area contributed by atoms with E-state index in [2.05, 4.69) is 22.3 Å². The molecule has 3 N–H and O–H groups in total. The highest BCUT2D eigenvalue weighted by Gasteiger charge is 2.18. The fraction of sp³-hybridized carbons (Fsp3) is 0.650. The molecule has 2 aliphatic rings. The van der Waals surface area contributed by atoms with Crippen molar-refractivity contribution >= 4 is 5.91 Å². The van der Waals surface area contributed by atoms with E-state index < -0.39 is 0 Å². The summed E-state index contributed by atoms with van der Waals surface area (Å²) in [5, 5.41) is 3.05. The molecule has 0 aliphatic carbocycles. The third kappa shape index (κ3) is 6.50. The van der Waals surface area contributed by atoms with Crippen molar-refractivity contribution in [1.29, 1.82) is 0 Å². The van der Waals surface area contributed by atoms with Crippen LogP contribution < -0.4 is 20.5 Å². The molecule has 6 heteroatoms. The van der Waals surface area contributed by atoms with E-state index in [1.807, 2.05) is 6.07 Å². The fourth-order valence-electron chi connectivity index (χ4n) is 3.45. The molecule has 2 saturated heterocycles. The van der Waals surface area contributed by atoms with Gasteiger partial charge in [0, 0.05) is 6.54 Å². The summed E-state index contributed by atoms with van der Waals surface area (Å²) in [5.41, 5.74) is 6.34. The van der Waals surface area contributed by atoms with Gasteiger partial charge < -0.3 is 25.4 Å². The molecule has 0 bridgehead atoms. The minimum Gasteiger partial charge on any atom is -0.493 e. The predicted molar refractivity (Wildman–Crippen MR) is 104 cm³/mol. The van der Waals surface area contributed by atoms with E-state index >= 15 is 0 Å². The van der Waals surface area contributed by atoms with Crippen molar-refractivity contribution in [2.75, 3.05) is 46.9 Å². The number of aryl methyl sites for hydroxylation is 1. The van der Waals surface area contributed by atoms with Crippen LogP contribution in [-0.2, 0) is 11.2 Å². The van der Waals surface area contributed by atoms with E-state index in [1.165, 1.54) is 44.5 Å². The lowest BCUT2D eigenvalue weighted by atomic mass is 10.1. The number of amides is 1. The number of nitrogens with one attached hydrogen (secondary N) is 1. The van der Waals surface area contributed by atoms with Gasteiger partial charge in [0.05, 0.1) is 20.1 Å². The van der Waals surface area contributed by atoms with E-state index in [0.717, 1.165) is 37.4 Å². The number of likely N-dealkylation sites (tertiary alicyclic amines) is 1. The van der Waals surface area contributed by atoms with Gasteiger partial charge in [0.25, 0.3) is 0 Å². The maximum atomic E-state index is 10.4. The van der Waals surface area contributed by atoms with Gasteiger partial charge in [0.2, 0.25) is 5.91 Å². The highest BCUT2D eigenvalue weighted by molar-refractivity contribution is 5.77. The summed E-state index contributed by atoms with van der Waals surface area (Å²) in [6, 6.07) is 6.21. The van der Waals surface area contributed by atoms with Gasteiger partial charge in [0.15, 0.2) is 11.5 Å². The number of nitrogens with two attached hydrogens (primary N) is 1. The van der Waals surface area contributed by atoms with Crippen LogP contribution in [0.3, 0.4) is 0 Å². The van der Waals surface area contributed by atoms with E-state index in [9.17, 15) is 4.79 Å². The number of carbonyl (C=O) groups is 1. The molecule has 1 amide bonds. The quantitative estimate of drug-likeness (QED) is 0.773. The maximum absolute atomic E-state index is 10.4. The first-order chi connectivity index (χ1) is 12.6. The van der Waals surface area contributed by atoms with Gasteiger partial charge in [-0.05, 0) is 76.0 Å². The minimum atomic E-state index is -0.171. The minimum absolute atomic E-state index is 0.0926. The second-order valence-electron chi connectivity index (χ2n) is 6.93. The first-order valence-electron chi connectivity index (χ1n) is 9.57. The molecule has 3 rings (SSSR count). The lowest BCUT2D eigenvalue weighted by Crippen LogP contribution is -2.24. The van der Waals surface area contributed by atoms with Crippen LogP contribution in [0.2, 0.25) is 0 Å². The molecule has 6 nitrogen and oxygen atoms in total. The normalized spacial score (nSPS) is 19.7. The van der Waals surface area contributed by atoms with Crippen molar-refractivity contribution in [2.24, 2.45) is 11.7 Å². The summed E-state index contributed by atoms with van der Waals surface area (Å²) in [6.07, 6.45) is 5.98. The van der Waals surface area contributed by atoms with Crippen LogP contribution in [0.1, 0.15) is 31.2 Å². The average molecular weight is 364 g/mol. The number of hydrogen-bond acceptors (Lipinski definition) is 5. The molecule has 1 aromatic rings. The van der Waals surface area contributed by atoms with Crippen molar-refractivity contribution < 1.29 is 14.3 Å². The van der Waals surface area contributed by atoms with E-state index in [4.69, 9.17) is 15.2 Å². The molecule has 26 heavy (non-hydrogen) atoms. The van der Waals surface area contributed by atoms with Gasteiger partial charge in [-0.2, -0.15) is 0 Å².